The summed E-state index contributed by atoms with van der Waals surface area (Å²) in [6, 6.07) is 7.70. The first-order chi connectivity index (χ1) is 7.63. The van der Waals surface area contributed by atoms with Crippen molar-refractivity contribution in [2.24, 2.45) is 0 Å². The van der Waals surface area contributed by atoms with Crippen LogP contribution in [0, 0.1) is 0 Å². The van der Waals surface area contributed by atoms with E-state index in [1.807, 2.05) is 36.0 Å². The molecule has 90 valence electrons. The van der Waals surface area contributed by atoms with Gasteiger partial charge in [-0.2, -0.15) is 11.8 Å². The summed E-state index contributed by atoms with van der Waals surface area (Å²) in [7, 11) is 0. The van der Waals surface area contributed by atoms with Gasteiger partial charge < -0.3 is 5.11 Å². The molecule has 16 heavy (non-hydrogen) atoms. The number of halogens is 1. The highest BCUT2D eigenvalue weighted by Gasteiger charge is 2.10. The van der Waals surface area contributed by atoms with E-state index in [-0.39, 0.29) is 6.10 Å². The summed E-state index contributed by atoms with van der Waals surface area (Å²) in [5.74, 6) is 0.778. The molecule has 0 saturated carbocycles. The fourth-order valence-electron chi connectivity index (χ4n) is 1.37. The molecule has 3 heteroatoms. The summed E-state index contributed by atoms with van der Waals surface area (Å²) in [4.78, 5) is 0. The van der Waals surface area contributed by atoms with E-state index in [1.54, 1.807) is 0 Å². The summed E-state index contributed by atoms with van der Waals surface area (Å²) >= 11 is 7.86. The molecule has 2 unspecified atom stereocenters. The van der Waals surface area contributed by atoms with Crippen molar-refractivity contribution in [3.05, 3.63) is 34.9 Å². The molecule has 1 nitrogen and oxygen atoms in total. The van der Waals surface area contributed by atoms with Gasteiger partial charge in [0.25, 0.3) is 0 Å². The van der Waals surface area contributed by atoms with Crippen LogP contribution in [-0.2, 0) is 6.42 Å². The lowest BCUT2D eigenvalue weighted by Crippen LogP contribution is -2.15. The monoisotopic (exact) mass is 258 g/mol. The molecule has 2 atom stereocenters. The van der Waals surface area contributed by atoms with Crippen molar-refractivity contribution >= 4 is 23.4 Å². The quantitative estimate of drug-likeness (QED) is 0.838. The summed E-state index contributed by atoms with van der Waals surface area (Å²) in [6.45, 7) is 4.35. The van der Waals surface area contributed by atoms with Gasteiger partial charge in [0.2, 0.25) is 0 Å². The highest BCUT2D eigenvalue weighted by atomic mass is 35.5. The average molecular weight is 259 g/mol. The largest absolute Gasteiger partial charge is 0.392 e. The SMILES string of the molecule is CCC(C)SCC(O)Cc1ccccc1Cl. The molecule has 1 aromatic rings. The van der Waals surface area contributed by atoms with E-state index in [4.69, 9.17) is 11.6 Å². The van der Waals surface area contributed by atoms with Gasteiger partial charge in [0, 0.05) is 22.4 Å². The maximum atomic E-state index is 9.89. The normalized spacial score (nSPS) is 14.8. The second kappa shape index (κ2) is 7.21. The summed E-state index contributed by atoms with van der Waals surface area (Å²) < 4.78 is 0. The van der Waals surface area contributed by atoms with Gasteiger partial charge in [-0.3, -0.25) is 0 Å². The molecule has 0 saturated heterocycles. The van der Waals surface area contributed by atoms with E-state index >= 15 is 0 Å². The van der Waals surface area contributed by atoms with Crippen LogP contribution in [0.2, 0.25) is 5.02 Å². The van der Waals surface area contributed by atoms with Crippen molar-refractivity contribution in [2.75, 3.05) is 5.75 Å². The van der Waals surface area contributed by atoms with E-state index in [0.29, 0.717) is 11.7 Å². The number of hydrogen-bond acceptors (Lipinski definition) is 2. The van der Waals surface area contributed by atoms with Crippen LogP contribution in [0.3, 0.4) is 0 Å². The van der Waals surface area contributed by atoms with E-state index in [1.165, 1.54) is 0 Å². The van der Waals surface area contributed by atoms with Gasteiger partial charge in [-0.05, 0) is 18.1 Å². The van der Waals surface area contributed by atoms with Crippen LogP contribution in [0.4, 0.5) is 0 Å². The molecule has 1 N–H and O–H groups in total. The predicted octanol–water partition coefficient (Wildman–Crippen LogP) is 3.78. The molecular weight excluding hydrogens is 240 g/mol. The minimum absolute atomic E-state index is 0.307. The lowest BCUT2D eigenvalue weighted by Gasteiger charge is -2.14. The smallest absolute Gasteiger partial charge is 0.0671 e. The molecule has 0 amide bonds. The van der Waals surface area contributed by atoms with Gasteiger partial charge in [-0.15, -0.1) is 0 Å². The standard InChI is InChI=1S/C13H19ClOS/c1-3-10(2)16-9-12(15)8-11-6-4-5-7-13(11)14/h4-7,10,12,15H,3,8-9H2,1-2H3. The Kier molecular flexibility index (Phi) is 6.25. The Bertz CT molecular complexity index is 317. The molecule has 0 heterocycles. The number of benzene rings is 1. The van der Waals surface area contributed by atoms with Gasteiger partial charge in [0.05, 0.1) is 6.10 Å². The van der Waals surface area contributed by atoms with Crippen LogP contribution in [0.1, 0.15) is 25.8 Å². The number of aliphatic hydroxyl groups is 1. The van der Waals surface area contributed by atoms with Gasteiger partial charge in [-0.25, -0.2) is 0 Å². The predicted molar refractivity (Wildman–Crippen MR) is 73.4 cm³/mol. The van der Waals surface area contributed by atoms with Crippen LogP contribution in [0.15, 0.2) is 24.3 Å². The Labute approximate surface area is 107 Å². The zero-order chi connectivity index (χ0) is 12.0. The van der Waals surface area contributed by atoms with Crippen LogP contribution < -0.4 is 0 Å². The molecule has 0 aliphatic rings. The number of hydrogen-bond donors (Lipinski definition) is 1. The van der Waals surface area contributed by atoms with Crippen molar-refractivity contribution in [2.45, 2.75) is 38.0 Å². The molecular formula is C13H19ClOS. The second-order valence-corrected chi connectivity index (χ2v) is 5.88. The Morgan fingerprint density at radius 2 is 2.06 bits per heavy atom. The van der Waals surface area contributed by atoms with Gasteiger partial charge in [0.15, 0.2) is 0 Å². The first kappa shape index (κ1) is 13.9. The summed E-state index contributed by atoms with van der Waals surface area (Å²) in [5, 5.41) is 11.2. The average Bonchev–Trinajstić information content (AvgIpc) is 2.29. The third-order valence-electron chi connectivity index (χ3n) is 2.56. The van der Waals surface area contributed by atoms with Crippen molar-refractivity contribution in [3.8, 4) is 0 Å². The Morgan fingerprint density at radius 1 is 1.38 bits per heavy atom. The molecule has 0 aliphatic heterocycles. The summed E-state index contributed by atoms with van der Waals surface area (Å²) in [5.41, 5.74) is 1.03. The summed E-state index contributed by atoms with van der Waals surface area (Å²) in [6.07, 6.45) is 1.48. The minimum atomic E-state index is -0.307. The maximum Gasteiger partial charge on any atom is 0.0671 e. The van der Waals surface area contributed by atoms with Crippen LogP contribution in [0.25, 0.3) is 0 Å². The second-order valence-electron chi connectivity index (χ2n) is 4.00. The third-order valence-corrected chi connectivity index (χ3v) is 4.41. The Morgan fingerprint density at radius 3 is 2.69 bits per heavy atom. The molecule has 0 aromatic heterocycles. The first-order valence-electron chi connectivity index (χ1n) is 5.66. The van der Waals surface area contributed by atoms with Crippen LogP contribution in [0.5, 0.6) is 0 Å². The molecule has 1 rings (SSSR count). The van der Waals surface area contributed by atoms with Crippen LogP contribution >= 0.6 is 23.4 Å². The van der Waals surface area contributed by atoms with E-state index in [9.17, 15) is 5.11 Å². The van der Waals surface area contributed by atoms with Crippen LogP contribution in [-0.4, -0.2) is 22.2 Å². The lowest BCUT2D eigenvalue weighted by molar-refractivity contribution is 0.200. The fraction of sp³-hybridized carbons (Fsp3) is 0.538. The third kappa shape index (κ3) is 4.77. The zero-order valence-corrected chi connectivity index (χ0v) is 11.4. The molecule has 0 fully saturated rings. The molecule has 1 aromatic carbocycles. The Hall–Kier alpha value is -0.180. The lowest BCUT2D eigenvalue weighted by atomic mass is 10.1. The number of rotatable bonds is 6. The molecule has 0 bridgehead atoms. The number of thioether (sulfide) groups is 1. The Balaban J connectivity index is 2.40. The van der Waals surface area contributed by atoms with Gasteiger partial charge in [0.1, 0.15) is 0 Å². The molecule has 0 aliphatic carbocycles. The minimum Gasteiger partial charge on any atom is -0.392 e. The maximum absolute atomic E-state index is 9.89. The van der Waals surface area contributed by atoms with E-state index < -0.39 is 0 Å². The van der Waals surface area contributed by atoms with E-state index in [2.05, 4.69) is 13.8 Å². The van der Waals surface area contributed by atoms with E-state index in [0.717, 1.165) is 22.8 Å². The van der Waals surface area contributed by atoms with Crippen molar-refractivity contribution in [1.29, 1.82) is 0 Å². The molecule has 0 spiro atoms. The van der Waals surface area contributed by atoms with Gasteiger partial charge >= 0.3 is 0 Å². The topological polar surface area (TPSA) is 20.2 Å². The highest BCUT2D eigenvalue weighted by molar-refractivity contribution is 7.99. The van der Waals surface area contributed by atoms with Crippen molar-refractivity contribution < 1.29 is 5.11 Å². The highest BCUT2D eigenvalue weighted by Crippen LogP contribution is 2.20. The van der Waals surface area contributed by atoms with Gasteiger partial charge in [-0.1, -0.05) is 43.6 Å². The fourth-order valence-corrected chi connectivity index (χ4v) is 2.49. The van der Waals surface area contributed by atoms with Crippen molar-refractivity contribution in [1.82, 2.24) is 0 Å². The number of aliphatic hydroxyl groups excluding tert-OH is 1. The van der Waals surface area contributed by atoms with Crippen molar-refractivity contribution in [3.63, 3.8) is 0 Å². The first-order valence-corrected chi connectivity index (χ1v) is 7.09. The zero-order valence-electron chi connectivity index (χ0n) is 9.82. The molecule has 0 radical (unpaired) electrons.